The molecule has 0 fully saturated rings. The molecule has 1 aromatic carbocycles. The van der Waals surface area contributed by atoms with Crippen molar-refractivity contribution in [2.45, 2.75) is 13.3 Å². The molecule has 0 spiro atoms. The number of thiophene rings is 1. The molecule has 0 amide bonds. The van der Waals surface area contributed by atoms with Gasteiger partial charge in [0, 0.05) is 16.0 Å². The van der Waals surface area contributed by atoms with E-state index >= 15 is 0 Å². The number of fused-ring (bicyclic) bond motifs is 1. The number of nitrogens with zero attached hydrogens (tertiary/aromatic N) is 2. The molecule has 0 bridgehead atoms. The number of halogens is 1. The van der Waals surface area contributed by atoms with Crippen LogP contribution in [0, 0.1) is 12.7 Å². The standard InChI is InChI=1S/C12H10FN3S/c1-7-11(15-16-14-7)6-10-5-8-4-9(13)2-3-12(8)17-10/h2-5H,6H2,1H3,(H,14,15,16). The van der Waals surface area contributed by atoms with Crippen molar-refractivity contribution in [2.24, 2.45) is 0 Å². The molecule has 3 nitrogen and oxygen atoms in total. The summed E-state index contributed by atoms with van der Waals surface area (Å²) in [5, 5.41) is 11.6. The van der Waals surface area contributed by atoms with E-state index in [0.717, 1.165) is 27.9 Å². The second kappa shape index (κ2) is 3.92. The van der Waals surface area contributed by atoms with E-state index in [2.05, 4.69) is 15.4 Å². The van der Waals surface area contributed by atoms with Crippen LogP contribution in [0.1, 0.15) is 16.3 Å². The minimum atomic E-state index is -0.195. The third-order valence-electron chi connectivity index (χ3n) is 2.69. The van der Waals surface area contributed by atoms with Crippen molar-refractivity contribution in [3.05, 3.63) is 46.3 Å². The predicted molar refractivity (Wildman–Crippen MR) is 65.7 cm³/mol. The van der Waals surface area contributed by atoms with E-state index in [1.54, 1.807) is 17.4 Å². The highest BCUT2D eigenvalue weighted by Crippen LogP contribution is 2.27. The largest absolute Gasteiger partial charge is 0.207 e. The van der Waals surface area contributed by atoms with E-state index in [0.29, 0.717) is 0 Å². The fraction of sp³-hybridized carbons (Fsp3) is 0.167. The van der Waals surface area contributed by atoms with E-state index in [1.807, 2.05) is 19.1 Å². The average Bonchev–Trinajstić information content (AvgIpc) is 2.85. The van der Waals surface area contributed by atoms with E-state index < -0.39 is 0 Å². The Morgan fingerprint density at radius 3 is 2.94 bits per heavy atom. The van der Waals surface area contributed by atoms with Gasteiger partial charge >= 0.3 is 0 Å². The zero-order valence-corrected chi connectivity index (χ0v) is 10.0. The summed E-state index contributed by atoms with van der Waals surface area (Å²) in [6.45, 7) is 1.92. The molecule has 0 aliphatic carbocycles. The van der Waals surface area contributed by atoms with Gasteiger partial charge in [-0.25, -0.2) is 4.39 Å². The molecule has 2 aromatic heterocycles. The Hall–Kier alpha value is -1.75. The number of aromatic amines is 1. The number of rotatable bonds is 2. The highest BCUT2D eigenvalue weighted by molar-refractivity contribution is 7.19. The van der Waals surface area contributed by atoms with Crippen LogP contribution in [-0.2, 0) is 6.42 Å². The minimum Gasteiger partial charge on any atom is -0.207 e. The number of hydrogen-bond donors (Lipinski definition) is 1. The van der Waals surface area contributed by atoms with E-state index in [1.165, 1.54) is 10.9 Å². The number of nitrogens with one attached hydrogen (secondary N) is 1. The summed E-state index contributed by atoms with van der Waals surface area (Å²) in [6.07, 6.45) is 0.739. The van der Waals surface area contributed by atoms with Gasteiger partial charge in [-0.15, -0.1) is 11.3 Å². The fourth-order valence-electron chi connectivity index (χ4n) is 1.79. The van der Waals surface area contributed by atoms with Crippen LogP contribution in [0.25, 0.3) is 10.1 Å². The number of hydrogen-bond acceptors (Lipinski definition) is 3. The van der Waals surface area contributed by atoms with Gasteiger partial charge in [0.05, 0.1) is 11.4 Å². The molecule has 0 aliphatic heterocycles. The lowest BCUT2D eigenvalue weighted by Gasteiger charge is -1.91. The van der Waals surface area contributed by atoms with Gasteiger partial charge in [-0.3, -0.25) is 0 Å². The first-order valence-electron chi connectivity index (χ1n) is 5.26. The van der Waals surface area contributed by atoms with Crippen molar-refractivity contribution in [3.8, 4) is 0 Å². The first kappa shape index (κ1) is 10.4. The molecular weight excluding hydrogens is 237 g/mol. The monoisotopic (exact) mass is 247 g/mol. The molecule has 86 valence electrons. The van der Waals surface area contributed by atoms with Crippen molar-refractivity contribution in [3.63, 3.8) is 0 Å². The number of H-pyrrole nitrogens is 1. The molecule has 1 N–H and O–H groups in total. The summed E-state index contributed by atoms with van der Waals surface area (Å²) < 4.78 is 14.2. The lowest BCUT2D eigenvalue weighted by atomic mass is 10.2. The van der Waals surface area contributed by atoms with Gasteiger partial charge in [-0.2, -0.15) is 15.4 Å². The Balaban J connectivity index is 1.99. The topological polar surface area (TPSA) is 41.6 Å². The molecule has 0 aliphatic rings. The Kier molecular flexibility index (Phi) is 2.40. The quantitative estimate of drug-likeness (QED) is 0.756. The smallest absolute Gasteiger partial charge is 0.123 e. The SMILES string of the molecule is Cc1n[nH]nc1Cc1cc2cc(F)ccc2s1. The minimum absolute atomic E-state index is 0.195. The maximum Gasteiger partial charge on any atom is 0.123 e. The molecule has 0 saturated carbocycles. The van der Waals surface area contributed by atoms with Gasteiger partial charge in [-0.1, -0.05) is 0 Å². The van der Waals surface area contributed by atoms with Crippen molar-refractivity contribution < 1.29 is 4.39 Å². The summed E-state index contributed by atoms with van der Waals surface area (Å²) in [7, 11) is 0. The summed E-state index contributed by atoms with van der Waals surface area (Å²) >= 11 is 1.66. The molecule has 3 rings (SSSR count). The van der Waals surface area contributed by atoms with Gasteiger partial charge in [0.1, 0.15) is 5.82 Å². The average molecular weight is 247 g/mol. The van der Waals surface area contributed by atoms with E-state index in [4.69, 9.17) is 0 Å². The van der Waals surface area contributed by atoms with Crippen LogP contribution in [0.2, 0.25) is 0 Å². The van der Waals surface area contributed by atoms with Crippen LogP contribution < -0.4 is 0 Å². The number of aryl methyl sites for hydroxylation is 1. The maximum absolute atomic E-state index is 13.1. The molecule has 17 heavy (non-hydrogen) atoms. The summed E-state index contributed by atoms with van der Waals surface area (Å²) in [4.78, 5) is 1.17. The normalized spacial score (nSPS) is 11.2. The van der Waals surface area contributed by atoms with Crippen LogP contribution in [0.15, 0.2) is 24.3 Å². The van der Waals surface area contributed by atoms with Crippen molar-refractivity contribution in [1.29, 1.82) is 0 Å². The van der Waals surface area contributed by atoms with E-state index in [-0.39, 0.29) is 5.82 Å². The van der Waals surface area contributed by atoms with E-state index in [9.17, 15) is 4.39 Å². The lowest BCUT2D eigenvalue weighted by molar-refractivity contribution is 0.630. The number of aromatic nitrogens is 3. The highest BCUT2D eigenvalue weighted by atomic mass is 32.1. The third kappa shape index (κ3) is 1.93. The van der Waals surface area contributed by atoms with Crippen molar-refractivity contribution in [2.75, 3.05) is 0 Å². The van der Waals surface area contributed by atoms with Crippen LogP contribution in [0.5, 0.6) is 0 Å². The first-order chi connectivity index (χ1) is 8.22. The van der Waals surface area contributed by atoms with Crippen molar-refractivity contribution in [1.82, 2.24) is 15.4 Å². The Morgan fingerprint density at radius 1 is 1.29 bits per heavy atom. The molecule has 5 heteroatoms. The van der Waals surface area contributed by atoms with Crippen LogP contribution in [-0.4, -0.2) is 15.4 Å². The van der Waals surface area contributed by atoms with Gasteiger partial charge in [-0.05, 0) is 36.6 Å². The highest BCUT2D eigenvalue weighted by Gasteiger charge is 2.08. The third-order valence-corrected chi connectivity index (χ3v) is 3.81. The molecule has 2 heterocycles. The second-order valence-electron chi connectivity index (χ2n) is 3.93. The van der Waals surface area contributed by atoms with Gasteiger partial charge < -0.3 is 0 Å². The zero-order chi connectivity index (χ0) is 11.8. The Labute approximate surface area is 101 Å². The summed E-state index contributed by atoms with van der Waals surface area (Å²) in [5.41, 5.74) is 1.85. The molecule has 3 aromatic rings. The fourth-order valence-corrected chi connectivity index (χ4v) is 2.84. The van der Waals surface area contributed by atoms with Crippen LogP contribution >= 0.6 is 11.3 Å². The van der Waals surface area contributed by atoms with Gasteiger partial charge in [0.25, 0.3) is 0 Å². The zero-order valence-electron chi connectivity index (χ0n) is 9.20. The number of benzene rings is 1. The lowest BCUT2D eigenvalue weighted by Crippen LogP contribution is -1.87. The predicted octanol–water partition coefficient (Wildman–Crippen LogP) is 3.06. The Morgan fingerprint density at radius 2 is 2.18 bits per heavy atom. The molecular formula is C12H10FN3S. The Bertz CT molecular complexity index is 671. The van der Waals surface area contributed by atoms with Crippen LogP contribution in [0.4, 0.5) is 4.39 Å². The van der Waals surface area contributed by atoms with Crippen molar-refractivity contribution >= 4 is 21.4 Å². The molecule has 0 atom stereocenters. The van der Waals surface area contributed by atoms with Gasteiger partial charge in [0.15, 0.2) is 0 Å². The molecule has 0 radical (unpaired) electrons. The molecule has 0 saturated heterocycles. The van der Waals surface area contributed by atoms with Gasteiger partial charge in [0.2, 0.25) is 0 Å². The summed E-state index contributed by atoms with van der Waals surface area (Å²) in [5.74, 6) is -0.195. The second-order valence-corrected chi connectivity index (χ2v) is 5.10. The molecule has 0 unspecified atom stereocenters. The summed E-state index contributed by atoms with van der Waals surface area (Å²) in [6, 6.07) is 6.88. The maximum atomic E-state index is 13.1. The first-order valence-corrected chi connectivity index (χ1v) is 6.08. The van der Waals surface area contributed by atoms with Crippen LogP contribution in [0.3, 0.4) is 0 Å².